The molecule has 0 spiro atoms. The van der Waals surface area contributed by atoms with Crippen molar-refractivity contribution in [2.45, 2.75) is 51.8 Å². The van der Waals surface area contributed by atoms with E-state index in [1.54, 1.807) is 11.8 Å². The zero-order valence-corrected chi connectivity index (χ0v) is 14.5. The van der Waals surface area contributed by atoms with Crippen LogP contribution in [0.4, 0.5) is 0 Å². The normalized spacial score (nSPS) is 12.5. The number of carbonyl (C=O) groups excluding carboxylic acids is 1. The molecule has 6 nitrogen and oxygen atoms in total. The largest absolute Gasteiger partial charge is 0.448 e. The van der Waals surface area contributed by atoms with Gasteiger partial charge in [-0.05, 0) is 34.6 Å². The number of furan rings is 1. The Hall–Kier alpha value is -1.34. The molecule has 7 heteroatoms. The third kappa shape index (κ3) is 3.47. The van der Waals surface area contributed by atoms with E-state index in [9.17, 15) is 13.2 Å². The Balaban J connectivity index is 3.28. The third-order valence-electron chi connectivity index (χ3n) is 3.21. The zero-order chi connectivity index (χ0) is 16.5. The van der Waals surface area contributed by atoms with Crippen LogP contribution in [0.1, 0.15) is 43.8 Å². The summed E-state index contributed by atoms with van der Waals surface area (Å²) in [6.07, 6.45) is 0. The monoisotopic (exact) mass is 316 g/mol. The molecule has 1 rings (SSSR count). The highest BCUT2D eigenvalue weighted by atomic mass is 32.2. The molecular weight excluding hydrogens is 292 g/mol. The molecule has 0 saturated carbocycles. The second-order valence-corrected chi connectivity index (χ2v) is 7.81. The fraction of sp³-hybridized carbons (Fsp3) is 0.643. The lowest BCUT2D eigenvalue weighted by Crippen LogP contribution is -2.42. The number of carbonyl (C=O) groups is 1. The lowest BCUT2D eigenvalue weighted by molar-refractivity contribution is 0.0642. The van der Waals surface area contributed by atoms with Crippen LogP contribution >= 0.6 is 0 Å². The molecule has 0 bridgehead atoms. The molecule has 0 atom stereocenters. The van der Waals surface area contributed by atoms with E-state index in [4.69, 9.17) is 4.42 Å². The van der Waals surface area contributed by atoms with Crippen molar-refractivity contribution in [3.8, 4) is 0 Å². The van der Waals surface area contributed by atoms with Crippen molar-refractivity contribution in [1.82, 2.24) is 9.21 Å². The standard InChI is InChI=1S/C14H24N2O4S/c1-9(2)16(10(3)4)14(17)12-8-13(20-11(12)5)21(18,19)15(6)7/h8-10H,1-7H3. The van der Waals surface area contributed by atoms with Crippen molar-refractivity contribution in [3.63, 3.8) is 0 Å². The van der Waals surface area contributed by atoms with Crippen LogP contribution in [0.2, 0.25) is 0 Å². The highest BCUT2D eigenvalue weighted by molar-refractivity contribution is 7.88. The van der Waals surface area contributed by atoms with Crippen LogP contribution in [0.15, 0.2) is 15.6 Å². The van der Waals surface area contributed by atoms with Gasteiger partial charge >= 0.3 is 0 Å². The Morgan fingerprint density at radius 3 is 2.00 bits per heavy atom. The number of amides is 1. The van der Waals surface area contributed by atoms with Crippen LogP contribution in [-0.4, -0.2) is 49.7 Å². The lowest BCUT2D eigenvalue weighted by Gasteiger charge is -2.30. The van der Waals surface area contributed by atoms with Gasteiger partial charge in [-0.25, -0.2) is 12.7 Å². The maximum atomic E-state index is 12.6. The Bertz CT molecular complexity index is 607. The van der Waals surface area contributed by atoms with Gasteiger partial charge in [0.05, 0.1) is 5.56 Å². The molecule has 120 valence electrons. The summed E-state index contributed by atoms with van der Waals surface area (Å²) < 4.78 is 30.5. The van der Waals surface area contributed by atoms with Gasteiger partial charge in [-0.1, -0.05) is 0 Å². The second kappa shape index (κ2) is 6.19. The fourth-order valence-corrected chi connectivity index (χ4v) is 3.04. The molecule has 21 heavy (non-hydrogen) atoms. The predicted octanol–water partition coefficient (Wildman–Crippen LogP) is 2.10. The van der Waals surface area contributed by atoms with Crippen LogP contribution in [0, 0.1) is 6.92 Å². The number of rotatable bonds is 5. The van der Waals surface area contributed by atoms with Gasteiger partial charge in [-0.2, -0.15) is 0 Å². The minimum Gasteiger partial charge on any atom is -0.448 e. The van der Waals surface area contributed by atoms with Crippen LogP contribution in [0.3, 0.4) is 0 Å². The number of sulfonamides is 1. The Morgan fingerprint density at radius 2 is 1.62 bits per heavy atom. The van der Waals surface area contributed by atoms with Crippen LogP contribution < -0.4 is 0 Å². The molecule has 1 amide bonds. The van der Waals surface area contributed by atoms with Crippen molar-refractivity contribution in [2.24, 2.45) is 0 Å². The summed E-state index contributed by atoms with van der Waals surface area (Å²) in [7, 11) is -0.843. The van der Waals surface area contributed by atoms with E-state index in [1.165, 1.54) is 20.2 Å². The topological polar surface area (TPSA) is 70.8 Å². The quantitative estimate of drug-likeness (QED) is 0.834. The zero-order valence-electron chi connectivity index (χ0n) is 13.7. The molecule has 0 radical (unpaired) electrons. The smallest absolute Gasteiger partial charge is 0.275 e. The summed E-state index contributed by atoms with van der Waals surface area (Å²) in [6, 6.07) is 1.34. The molecular formula is C14H24N2O4S. The maximum Gasteiger partial charge on any atom is 0.275 e. The van der Waals surface area contributed by atoms with Gasteiger partial charge in [0.2, 0.25) is 5.09 Å². The van der Waals surface area contributed by atoms with E-state index >= 15 is 0 Å². The molecule has 0 aliphatic heterocycles. The summed E-state index contributed by atoms with van der Waals surface area (Å²) in [5.74, 6) is 0.0909. The highest BCUT2D eigenvalue weighted by Crippen LogP contribution is 2.23. The summed E-state index contributed by atoms with van der Waals surface area (Å²) in [5.41, 5.74) is 0.290. The summed E-state index contributed by atoms with van der Waals surface area (Å²) in [5, 5.41) is -0.208. The first-order valence-corrected chi connectivity index (χ1v) is 8.29. The van der Waals surface area contributed by atoms with Gasteiger partial charge in [-0.15, -0.1) is 0 Å². The van der Waals surface area contributed by atoms with Crippen molar-refractivity contribution >= 4 is 15.9 Å². The van der Waals surface area contributed by atoms with Gasteiger partial charge in [-0.3, -0.25) is 4.79 Å². The molecule has 1 aromatic heterocycles. The van der Waals surface area contributed by atoms with E-state index in [0.29, 0.717) is 5.76 Å². The van der Waals surface area contributed by atoms with Crippen molar-refractivity contribution in [2.75, 3.05) is 14.1 Å². The van der Waals surface area contributed by atoms with Crippen molar-refractivity contribution < 1.29 is 17.6 Å². The van der Waals surface area contributed by atoms with Crippen LogP contribution in [-0.2, 0) is 10.0 Å². The molecule has 1 aromatic rings. The summed E-state index contributed by atoms with van der Waals surface area (Å²) in [4.78, 5) is 14.3. The van der Waals surface area contributed by atoms with E-state index in [-0.39, 0.29) is 28.6 Å². The number of aryl methyl sites for hydroxylation is 1. The van der Waals surface area contributed by atoms with Crippen LogP contribution in [0.25, 0.3) is 0 Å². The summed E-state index contributed by atoms with van der Waals surface area (Å²) in [6.45, 7) is 9.28. The molecule has 1 heterocycles. The Morgan fingerprint density at radius 1 is 1.14 bits per heavy atom. The fourth-order valence-electron chi connectivity index (χ4n) is 2.18. The Kier molecular flexibility index (Phi) is 5.22. The Labute approximate surface area is 126 Å². The molecule has 0 saturated heterocycles. The average molecular weight is 316 g/mol. The molecule has 0 N–H and O–H groups in total. The van der Waals surface area contributed by atoms with Gasteiger partial charge < -0.3 is 9.32 Å². The highest BCUT2D eigenvalue weighted by Gasteiger charge is 2.29. The average Bonchev–Trinajstić information content (AvgIpc) is 2.70. The summed E-state index contributed by atoms with van der Waals surface area (Å²) >= 11 is 0. The minimum atomic E-state index is -3.68. The maximum absolute atomic E-state index is 12.6. The lowest BCUT2D eigenvalue weighted by atomic mass is 10.1. The van der Waals surface area contributed by atoms with Gasteiger partial charge in [0, 0.05) is 32.2 Å². The van der Waals surface area contributed by atoms with E-state index in [0.717, 1.165) is 4.31 Å². The van der Waals surface area contributed by atoms with Gasteiger partial charge in [0.25, 0.3) is 15.9 Å². The predicted molar refractivity (Wildman–Crippen MR) is 80.8 cm³/mol. The SMILES string of the molecule is Cc1oc(S(=O)(=O)N(C)C)cc1C(=O)N(C(C)C)C(C)C. The van der Waals surface area contributed by atoms with E-state index in [2.05, 4.69) is 0 Å². The third-order valence-corrected chi connectivity index (χ3v) is 4.88. The molecule has 0 aliphatic carbocycles. The first-order valence-electron chi connectivity index (χ1n) is 6.85. The number of nitrogens with zero attached hydrogens (tertiary/aromatic N) is 2. The minimum absolute atomic E-state index is 0.0145. The molecule has 0 fully saturated rings. The molecule has 0 aliphatic rings. The van der Waals surface area contributed by atoms with Crippen LogP contribution in [0.5, 0.6) is 0 Å². The number of hydrogen-bond acceptors (Lipinski definition) is 4. The van der Waals surface area contributed by atoms with Crippen molar-refractivity contribution in [3.05, 3.63) is 17.4 Å². The van der Waals surface area contributed by atoms with Gasteiger partial charge in [0.1, 0.15) is 5.76 Å². The number of hydrogen-bond donors (Lipinski definition) is 0. The molecule has 0 aromatic carbocycles. The van der Waals surface area contributed by atoms with Gasteiger partial charge in [0.15, 0.2) is 0 Å². The van der Waals surface area contributed by atoms with E-state index in [1.807, 2.05) is 27.7 Å². The first-order chi connectivity index (χ1) is 9.50. The first kappa shape index (κ1) is 17.7. The molecule has 0 unspecified atom stereocenters. The second-order valence-electron chi connectivity index (χ2n) is 5.72. The van der Waals surface area contributed by atoms with Crippen molar-refractivity contribution in [1.29, 1.82) is 0 Å². The van der Waals surface area contributed by atoms with E-state index < -0.39 is 10.0 Å².